The number of fused-ring (bicyclic) bond motifs is 1. The number of hydrogen-bond acceptors (Lipinski definition) is 4. The molecule has 1 heterocycles. The first-order valence-corrected chi connectivity index (χ1v) is 6.19. The minimum atomic E-state index is 0.00227. The summed E-state index contributed by atoms with van der Waals surface area (Å²) >= 11 is 0. The van der Waals surface area contributed by atoms with Gasteiger partial charge in [-0.05, 0) is 12.8 Å². The minimum absolute atomic E-state index is 0.00227. The third-order valence-electron chi connectivity index (χ3n) is 3.72. The molecule has 0 saturated heterocycles. The van der Waals surface area contributed by atoms with Crippen LogP contribution in [0.1, 0.15) is 32.1 Å². The van der Waals surface area contributed by atoms with Gasteiger partial charge in [0.05, 0.1) is 24.6 Å². The maximum Gasteiger partial charge on any atom is 0.142 e. The molecular weight excluding hydrogens is 218 g/mol. The zero-order valence-electron chi connectivity index (χ0n) is 9.99. The predicted molar refractivity (Wildman–Crippen MR) is 62.0 cm³/mol. The molecule has 0 radical (unpaired) electrons. The van der Waals surface area contributed by atoms with Crippen molar-refractivity contribution in [2.75, 3.05) is 7.11 Å². The third-order valence-corrected chi connectivity index (χ3v) is 3.72. The van der Waals surface area contributed by atoms with Crippen LogP contribution in [0.2, 0.25) is 0 Å². The van der Waals surface area contributed by atoms with Crippen LogP contribution in [0.4, 0.5) is 0 Å². The molecule has 0 aromatic rings. The van der Waals surface area contributed by atoms with E-state index in [4.69, 9.17) is 9.47 Å². The van der Waals surface area contributed by atoms with Gasteiger partial charge in [-0.25, -0.2) is 0 Å². The van der Waals surface area contributed by atoms with Gasteiger partial charge in [-0.15, -0.1) is 0 Å². The fourth-order valence-electron chi connectivity index (χ4n) is 2.73. The normalized spacial score (nSPS) is 31.8. The molecule has 0 aromatic carbocycles. The highest BCUT2D eigenvalue weighted by Crippen LogP contribution is 2.32. The molecule has 0 aromatic heterocycles. The molecule has 4 nitrogen and oxygen atoms in total. The topological polar surface area (TPSA) is 47.6 Å². The molecule has 1 fully saturated rings. The first-order valence-electron chi connectivity index (χ1n) is 6.19. The Bertz CT molecular complexity index is 411. The Labute approximate surface area is 101 Å². The summed E-state index contributed by atoms with van der Waals surface area (Å²) in [7, 11) is 1.68. The van der Waals surface area contributed by atoms with Crippen LogP contribution in [0.3, 0.4) is 0 Å². The Morgan fingerprint density at radius 3 is 3.12 bits per heavy atom. The van der Waals surface area contributed by atoms with Crippen molar-refractivity contribution in [2.24, 2.45) is 0 Å². The van der Waals surface area contributed by atoms with E-state index in [9.17, 15) is 4.79 Å². The monoisotopic (exact) mass is 235 g/mol. The van der Waals surface area contributed by atoms with Crippen LogP contribution in [0.5, 0.6) is 0 Å². The highest BCUT2D eigenvalue weighted by atomic mass is 16.5. The van der Waals surface area contributed by atoms with Gasteiger partial charge in [0.1, 0.15) is 17.6 Å². The first kappa shape index (κ1) is 10.7. The van der Waals surface area contributed by atoms with Gasteiger partial charge in [-0.2, -0.15) is 0 Å². The summed E-state index contributed by atoms with van der Waals surface area (Å²) in [5.41, 5.74) is 1.17. The molecule has 2 unspecified atom stereocenters. The summed E-state index contributed by atoms with van der Waals surface area (Å²) in [6.07, 6.45) is 5.91. The molecule has 2 aliphatic carbocycles. The summed E-state index contributed by atoms with van der Waals surface area (Å²) in [5.74, 6) is 2.12. The molecule has 4 heteroatoms. The predicted octanol–water partition coefficient (Wildman–Crippen LogP) is 1.63. The number of carbonyl (C=O) groups excluding carboxylic acids is 1. The first-order chi connectivity index (χ1) is 8.26. The van der Waals surface area contributed by atoms with Gasteiger partial charge >= 0.3 is 0 Å². The number of Topliss-reactive ketones (excluding diaryl/α,β-unsaturated/α-hetero) is 1. The van der Waals surface area contributed by atoms with E-state index in [0.29, 0.717) is 24.7 Å². The SMILES string of the molecule is COC1=CC2=C(CC1)NC1CCC(=O)CC1O2. The summed E-state index contributed by atoms with van der Waals surface area (Å²) in [4.78, 5) is 11.4. The quantitative estimate of drug-likeness (QED) is 0.750. The molecule has 1 N–H and O–H groups in total. The van der Waals surface area contributed by atoms with Crippen LogP contribution in [0.25, 0.3) is 0 Å². The average Bonchev–Trinajstić information content (AvgIpc) is 2.35. The highest BCUT2D eigenvalue weighted by Gasteiger charge is 2.36. The van der Waals surface area contributed by atoms with E-state index < -0.39 is 0 Å². The highest BCUT2D eigenvalue weighted by molar-refractivity contribution is 5.80. The van der Waals surface area contributed by atoms with Crippen molar-refractivity contribution < 1.29 is 14.3 Å². The molecule has 17 heavy (non-hydrogen) atoms. The number of methoxy groups -OCH3 is 1. The van der Waals surface area contributed by atoms with Gasteiger partial charge in [0, 0.05) is 25.3 Å². The van der Waals surface area contributed by atoms with E-state index in [1.807, 2.05) is 6.08 Å². The summed E-state index contributed by atoms with van der Waals surface area (Å²) < 4.78 is 11.2. The van der Waals surface area contributed by atoms with Gasteiger partial charge in [0.25, 0.3) is 0 Å². The van der Waals surface area contributed by atoms with Gasteiger partial charge in [0.15, 0.2) is 0 Å². The van der Waals surface area contributed by atoms with E-state index in [2.05, 4.69) is 5.32 Å². The van der Waals surface area contributed by atoms with Crippen LogP contribution in [-0.2, 0) is 14.3 Å². The molecule has 92 valence electrons. The number of hydrogen-bond donors (Lipinski definition) is 1. The molecule has 2 atom stereocenters. The van der Waals surface area contributed by atoms with Crippen molar-refractivity contribution in [1.29, 1.82) is 0 Å². The van der Waals surface area contributed by atoms with Gasteiger partial charge < -0.3 is 14.8 Å². The fraction of sp³-hybridized carbons (Fsp3) is 0.615. The van der Waals surface area contributed by atoms with Crippen molar-refractivity contribution in [1.82, 2.24) is 5.32 Å². The average molecular weight is 235 g/mol. The van der Waals surface area contributed by atoms with E-state index in [1.54, 1.807) is 7.11 Å². The number of nitrogens with one attached hydrogen (secondary N) is 1. The number of ketones is 1. The summed E-state index contributed by atoms with van der Waals surface area (Å²) in [6, 6.07) is 0.309. The molecular formula is C13H17NO3. The molecule has 1 aliphatic heterocycles. The smallest absolute Gasteiger partial charge is 0.142 e. The van der Waals surface area contributed by atoms with Crippen LogP contribution in [0, 0.1) is 0 Å². The molecule has 3 rings (SSSR count). The van der Waals surface area contributed by atoms with Crippen LogP contribution < -0.4 is 5.32 Å². The zero-order valence-corrected chi connectivity index (χ0v) is 9.99. The Hall–Kier alpha value is -1.45. The van der Waals surface area contributed by atoms with E-state index in [0.717, 1.165) is 30.8 Å². The Morgan fingerprint density at radius 1 is 1.41 bits per heavy atom. The van der Waals surface area contributed by atoms with E-state index in [-0.39, 0.29) is 6.10 Å². The number of carbonyl (C=O) groups is 1. The van der Waals surface area contributed by atoms with Crippen molar-refractivity contribution in [3.05, 3.63) is 23.3 Å². The molecule has 1 saturated carbocycles. The standard InChI is InChI=1S/C13H17NO3/c1-16-9-3-5-11-13(7-9)17-12-6-8(15)2-4-10(12)14-11/h7,10,12,14H,2-6H2,1H3. The number of ether oxygens (including phenoxy) is 2. The number of rotatable bonds is 1. The lowest BCUT2D eigenvalue weighted by Gasteiger charge is -2.39. The Balaban J connectivity index is 1.82. The van der Waals surface area contributed by atoms with Gasteiger partial charge in [-0.3, -0.25) is 4.79 Å². The van der Waals surface area contributed by atoms with Crippen molar-refractivity contribution >= 4 is 5.78 Å². The summed E-state index contributed by atoms with van der Waals surface area (Å²) in [5, 5.41) is 3.52. The lowest BCUT2D eigenvalue weighted by atomic mass is 9.89. The second-order valence-electron chi connectivity index (χ2n) is 4.85. The molecule has 0 bridgehead atoms. The molecule has 0 amide bonds. The number of allylic oxidation sites excluding steroid dienone is 3. The van der Waals surface area contributed by atoms with Gasteiger partial charge in [0.2, 0.25) is 0 Å². The fourth-order valence-corrected chi connectivity index (χ4v) is 2.73. The molecule has 3 aliphatic rings. The largest absolute Gasteiger partial charge is 0.501 e. The second kappa shape index (κ2) is 4.09. The van der Waals surface area contributed by atoms with Crippen LogP contribution >= 0.6 is 0 Å². The third kappa shape index (κ3) is 1.92. The Kier molecular flexibility index (Phi) is 2.57. The van der Waals surface area contributed by atoms with Gasteiger partial charge in [-0.1, -0.05) is 0 Å². The summed E-state index contributed by atoms with van der Waals surface area (Å²) in [6.45, 7) is 0. The Morgan fingerprint density at radius 2 is 2.29 bits per heavy atom. The lowest BCUT2D eigenvalue weighted by molar-refractivity contribution is -0.124. The minimum Gasteiger partial charge on any atom is -0.501 e. The second-order valence-corrected chi connectivity index (χ2v) is 4.85. The van der Waals surface area contributed by atoms with E-state index >= 15 is 0 Å². The van der Waals surface area contributed by atoms with Crippen molar-refractivity contribution in [3.63, 3.8) is 0 Å². The molecule has 0 spiro atoms. The van der Waals surface area contributed by atoms with Crippen LogP contribution in [-0.4, -0.2) is 25.0 Å². The lowest BCUT2D eigenvalue weighted by Crippen LogP contribution is -2.49. The maximum absolute atomic E-state index is 11.4. The maximum atomic E-state index is 11.4. The van der Waals surface area contributed by atoms with E-state index in [1.165, 1.54) is 5.70 Å². The van der Waals surface area contributed by atoms with Crippen molar-refractivity contribution in [3.8, 4) is 0 Å². The zero-order chi connectivity index (χ0) is 11.8. The van der Waals surface area contributed by atoms with Crippen LogP contribution in [0.15, 0.2) is 23.3 Å². The van der Waals surface area contributed by atoms with Crippen molar-refractivity contribution in [2.45, 2.75) is 44.2 Å².